The van der Waals surface area contributed by atoms with Crippen molar-refractivity contribution in [2.45, 2.75) is 38.5 Å². The normalized spacial score (nSPS) is 12.8. The SMILES string of the molecule is N#Cc1ccc(COc2nc(-c3cc(F)c(Cc4nc5ccc(C(=O)O)cc5n4CCOC4CC4)cc3F)ccc2F)c(F)c1. The summed E-state index contributed by atoms with van der Waals surface area (Å²) in [6, 6.07) is 14.1. The summed E-state index contributed by atoms with van der Waals surface area (Å²) in [4.78, 5) is 20.1. The third-order valence-electron chi connectivity index (χ3n) is 7.39. The Balaban J connectivity index is 1.26. The maximum Gasteiger partial charge on any atom is 0.335 e. The highest BCUT2D eigenvalue weighted by molar-refractivity contribution is 5.92. The number of carboxylic acids is 1. The summed E-state index contributed by atoms with van der Waals surface area (Å²) in [6.45, 7) is 0.262. The van der Waals surface area contributed by atoms with E-state index in [0.717, 1.165) is 37.1 Å². The number of aromatic nitrogens is 3. The van der Waals surface area contributed by atoms with Crippen molar-refractivity contribution in [3.8, 4) is 23.2 Å². The topological polar surface area (TPSA) is 110 Å². The van der Waals surface area contributed by atoms with Crippen LogP contribution >= 0.6 is 0 Å². The Bertz CT molecular complexity index is 1980. The number of aromatic carboxylic acids is 1. The van der Waals surface area contributed by atoms with Crippen LogP contribution in [0.1, 0.15) is 45.7 Å². The van der Waals surface area contributed by atoms with Gasteiger partial charge in [-0.25, -0.2) is 32.3 Å². The highest BCUT2D eigenvalue weighted by Gasteiger charge is 2.23. The van der Waals surface area contributed by atoms with Crippen molar-refractivity contribution in [1.29, 1.82) is 5.26 Å². The van der Waals surface area contributed by atoms with Crippen LogP contribution in [0.5, 0.6) is 5.88 Å². The Morgan fingerprint density at radius 1 is 0.933 bits per heavy atom. The molecule has 0 spiro atoms. The minimum atomic E-state index is -1.10. The molecule has 0 atom stereocenters. The van der Waals surface area contributed by atoms with Gasteiger partial charge in [0.05, 0.1) is 46.6 Å². The largest absolute Gasteiger partial charge is 0.478 e. The summed E-state index contributed by atoms with van der Waals surface area (Å²) >= 11 is 0. The lowest BCUT2D eigenvalue weighted by atomic mass is 10.0. The first-order valence-electron chi connectivity index (χ1n) is 14.0. The van der Waals surface area contributed by atoms with Crippen LogP contribution in [-0.4, -0.2) is 38.3 Å². The molecule has 0 bridgehead atoms. The van der Waals surface area contributed by atoms with E-state index < -0.39 is 41.7 Å². The second kappa shape index (κ2) is 12.4. The number of imidazole rings is 1. The van der Waals surface area contributed by atoms with E-state index in [1.807, 2.05) is 6.07 Å². The maximum absolute atomic E-state index is 15.5. The highest BCUT2D eigenvalue weighted by atomic mass is 19.1. The number of carbonyl (C=O) groups is 1. The molecule has 228 valence electrons. The van der Waals surface area contributed by atoms with Gasteiger partial charge in [0.15, 0.2) is 5.82 Å². The van der Waals surface area contributed by atoms with Crippen molar-refractivity contribution in [3.63, 3.8) is 0 Å². The predicted molar refractivity (Wildman–Crippen MR) is 153 cm³/mol. The van der Waals surface area contributed by atoms with Gasteiger partial charge >= 0.3 is 5.97 Å². The molecular formula is C33H24F4N4O4. The first kappa shape index (κ1) is 29.8. The van der Waals surface area contributed by atoms with Crippen LogP contribution in [0, 0.1) is 34.6 Å². The van der Waals surface area contributed by atoms with E-state index in [-0.39, 0.29) is 46.0 Å². The van der Waals surface area contributed by atoms with E-state index in [1.54, 1.807) is 10.6 Å². The van der Waals surface area contributed by atoms with Gasteiger partial charge in [0.1, 0.15) is 29.9 Å². The molecule has 1 aliphatic rings. The Morgan fingerprint density at radius 3 is 2.47 bits per heavy atom. The Kier molecular flexibility index (Phi) is 8.19. The van der Waals surface area contributed by atoms with E-state index in [0.29, 0.717) is 30.0 Å². The number of pyridine rings is 1. The first-order chi connectivity index (χ1) is 21.7. The second-order valence-corrected chi connectivity index (χ2v) is 10.5. The lowest BCUT2D eigenvalue weighted by Crippen LogP contribution is -2.11. The Labute approximate surface area is 254 Å². The van der Waals surface area contributed by atoms with E-state index in [2.05, 4.69) is 9.97 Å². The zero-order valence-corrected chi connectivity index (χ0v) is 23.6. The van der Waals surface area contributed by atoms with Crippen molar-refractivity contribution in [3.05, 3.63) is 112 Å². The fourth-order valence-electron chi connectivity index (χ4n) is 4.88. The third-order valence-corrected chi connectivity index (χ3v) is 7.39. The number of hydrogen-bond acceptors (Lipinski definition) is 6. The van der Waals surface area contributed by atoms with Crippen molar-refractivity contribution < 1.29 is 36.9 Å². The molecule has 3 aromatic carbocycles. The number of fused-ring (bicyclic) bond motifs is 1. The lowest BCUT2D eigenvalue weighted by molar-refractivity contribution is 0.0697. The van der Waals surface area contributed by atoms with E-state index in [9.17, 15) is 18.7 Å². The fourth-order valence-corrected chi connectivity index (χ4v) is 4.88. The van der Waals surface area contributed by atoms with E-state index in [4.69, 9.17) is 14.7 Å². The molecule has 0 saturated heterocycles. The number of nitrogens with zero attached hydrogens (tertiary/aromatic N) is 4. The first-order valence-corrected chi connectivity index (χ1v) is 14.0. The molecule has 5 aromatic rings. The van der Waals surface area contributed by atoms with Gasteiger partial charge in [-0.2, -0.15) is 5.26 Å². The molecule has 8 nitrogen and oxygen atoms in total. The molecule has 1 saturated carbocycles. The van der Waals surface area contributed by atoms with Gasteiger partial charge in [-0.15, -0.1) is 0 Å². The molecule has 0 amide bonds. The zero-order chi connectivity index (χ0) is 31.7. The number of halogens is 4. The molecule has 1 fully saturated rings. The number of nitriles is 1. The van der Waals surface area contributed by atoms with Gasteiger partial charge < -0.3 is 19.1 Å². The van der Waals surface area contributed by atoms with Crippen LogP contribution in [0.4, 0.5) is 17.6 Å². The van der Waals surface area contributed by atoms with Crippen LogP contribution in [0.2, 0.25) is 0 Å². The fraction of sp³-hybridized carbons (Fsp3) is 0.212. The van der Waals surface area contributed by atoms with Gasteiger partial charge in [0, 0.05) is 24.1 Å². The van der Waals surface area contributed by atoms with Crippen LogP contribution in [0.25, 0.3) is 22.3 Å². The van der Waals surface area contributed by atoms with Crippen LogP contribution < -0.4 is 4.74 Å². The van der Waals surface area contributed by atoms with Gasteiger partial charge in [-0.05, 0) is 73.0 Å². The van der Waals surface area contributed by atoms with Gasteiger partial charge in [0.25, 0.3) is 5.88 Å². The zero-order valence-electron chi connectivity index (χ0n) is 23.6. The van der Waals surface area contributed by atoms with Crippen LogP contribution in [-0.2, 0) is 24.3 Å². The minimum absolute atomic E-state index is 0.00995. The number of hydrogen-bond donors (Lipinski definition) is 1. The summed E-state index contributed by atoms with van der Waals surface area (Å²) in [5.74, 6) is -4.46. The number of carboxylic acid groups (broad SMARTS) is 1. The average molecular weight is 617 g/mol. The van der Waals surface area contributed by atoms with Gasteiger partial charge in [-0.1, -0.05) is 6.07 Å². The Hall–Kier alpha value is -5.28. The summed E-state index contributed by atoms with van der Waals surface area (Å²) in [5.41, 5.74) is 0.889. The van der Waals surface area contributed by atoms with E-state index >= 15 is 8.78 Å². The molecule has 2 aromatic heterocycles. The summed E-state index contributed by atoms with van der Waals surface area (Å²) in [6.07, 6.45) is 2.04. The standard InChI is InChI=1S/C33H24F4N4O4/c34-24-6-8-28(40-32(24)45-17-20-2-1-18(16-38)11-25(20)35)23-15-26(36)21(12-27(23)37)14-31-39-29-7-3-19(33(42)43)13-30(29)41(31)9-10-44-22-4-5-22/h1-3,6-8,11-13,15,22H,4-5,9-10,14,17H2,(H,42,43). The van der Waals surface area contributed by atoms with Crippen molar-refractivity contribution >= 4 is 17.0 Å². The predicted octanol–water partition coefficient (Wildman–Crippen LogP) is 6.57. The monoisotopic (exact) mass is 616 g/mol. The quantitative estimate of drug-likeness (QED) is 0.167. The van der Waals surface area contributed by atoms with Gasteiger partial charge in [-0.3, -0.25) is 0 Å². The van der Waals surface area contributed by atoms with E-state index in [1.165, 1.54) is 30.3 Å². The maximum atomic E-state index is 15.5. The van der Waals surface area contributed by atoms with Crippen molar-refractivity contribution in [2.24, 2.45) is 0 Å². The lowest BCUT2D eigenvalue weighted by Gasteiger charge is -2.12. The number of rotatable bonds is 11. The molecule has 2 heterocycles. The molecular weight excluding hydrogens is 592 g/mol. The molecule has 6 rings (SSSR count). The summed E-state index contributed by atoms with van der Waals surface area (Å²) in [5, 5.41) is 18.4. The minimum Gasteiger partial charge on any atom is -0.478 e. The molecule has 12 heteroatoms. The summed E-state index contributed by atoms with van der Waals surface area (Å²) < 4.78 is 72.5. The smallest absolute Gasteiger partial charge is 0.335 e. The summed E-state index contributed by atoms with van der Waals surface area (Å²) in [7, 11) is 0. The number of ether oxygens (including phenoxy) is 2. The molecule has 45 heavy (non-hydrogen) atoms. The number of benzene rings is 3. The van der Waals surface area contributed by atoms with Crippen molar-refractivity contribution in [2.75, 3.05) is 6.61 Å². The average Bonchev–Trinajstić information content (AvgIpc) is 3.79. The second-order valence-electron chi connectivity index (χ2n) is 10.5. The van der Waals surface area contributed by atoms with Crippen molar-refractivity contribution in [1.82, 2.24) is 14.5 Å². The molecule has 0 aliphatic heterocycles. The molecule has 0 unspecified atom stereocenters. The highest BCUT2D eigenvalue weighted by Crippen LogP contribution is 2.30. The van der Waals surface area contributed by atoms with Crippen LogP contribution in [0.3, 0.4) is 0 Å². The van der Waals surface area contributed by atoms with Gasteiger partial charge in [0.2, 0.25) is 0 Å². The molecule has 0 radical (unpaired) electrons. The molecule has 1 aliphatic carbocycles. The molecule has 1 N–H and O–H groups in total. The van der Waals surface area contributed by atoms with Crippen LogP contribution in [0.15, 0.2) is 60.7 Å². The third kappa shape index (κ3) is 6.49. The Morgan fingerprint density at radius 2 is 1.73 bits per heavy atom.